The van der Waals surface area contributed by atoms with E-state index in [4.69, 9.17) is 23.2 Å². The molecule has 1 N–H and O–H groups in total. The maximum Gasteiger partial charge on any atom is 0.304 e. The molecule has 206 valence electrons. The molecule has 1 amide bonds. The summed E-state index contributed by atoms with van der Waals surface area (Å²) in [6, 6.07) is 13.5. The summed E-state index contributed by atoms with van der Waals surface area (Å²) in [5, 5.41) is 10.8. The van der Waals surface area contributed by atoms with Crippen molar-refractivity contribution in [3.05, 3.63) is 69.7 Å². The summed E-state index contributed by atoms with van der Waals surface area (Å²) in [6.07, 6.45) is 3.24. The van der Waals surface area contributed by atoms with Crippen LogP contribution in [0.25, 0.3) is 0 Å². The van der Waals surface area contributed by atoms with Gasteiger partial charge < -0.3 is 10.0 Å². The highest BCUT2D eigenvalue weighted by Crippen LogP contribution is 2.52. The van der Waals surface area contributed by atoms with Gasteiger partial charge in [0.2, 0.25) is 5.91 Å². The first-order valence-corrected chi connectivity index (χ1v) is 15.8. The van der Waals surface area contributed by atoms with Crippen LogP contribution in [0.2, 0.25) is 10.0 Å². The van der Waals surface area contributed by atoms with Gasteiger partial charge in [0, 0.05) is 22.0 Å². The van der Waals surface area contributed by atoms with Crippen molar-refractivity contribution in [3.8, 4) is 0 Å². The number of halogens is 2. The number of carbonyl (C=O) groups is 2. The zero-order valence-electron chi connectivity index (χ0n) is 21.8. The summed E-state index contributed by atoms with van der Waals surface area (Å²) < 4.78 is 26.6. The van der Waals surface area contributed by atoms with E-state index in [-0.39, 0.29) is 42.1 Å². The molecule has 4 rings (SSSR count). The third-order valence-electron chi connectivity index (χ3n) is 8.16. The van der Waals surface area contributed by atoms with Crippen molar-refractivity contribution < 1.29 is 23.1 Å². The van der Waals surface area contributed by atoms with E-state index < -0.39 is 33.3 Å². The van der Waals surface area contributed by atoms with Crippen molar-refractivity contribution in [3.63, 3.8) is 0 Å². The number of benzene rings is 2. The molecule has 4 unspecified atom stereocenters. The minimum absolute atomic E-state index is 0.126. The third kappa shape index (κ3) is 6.37. The molecule has 1 heterocycles. The van der Waals surface area contributed by atoms with E-state index >= 15 is 0 Å². The Hall–Kier alpha value is -2.09. The Balaban J connectivity index is 1.84. The first-order valence-electron chi connectivity index (χ1n) is 13.2. The van der Waals surface area contributed by atoms with Gasteiger partial charge in [-0.1, -0.05) is 67.7 Å². The molecule has 6 nitrogen and oxygen atoms in total. The van der Waals surface area contributed by atoms with E-state index in [1.165, 1.54) is 0 Å². The normalized spacial score (nSPS) is 25.2. The maximum atomic E-state index is 14.3. The predicted molar refractivity (Wildman–Crippen MR) is 150 cm³/mol. The number of likely N-dealkylation sites (tertiary alicyclic amines) is 1. The van der Waals surface area contributed by atoms with Gasteiger partial charge in [0.05, 0.1) is 29.4 Å². The monoisotopic (exact) mass is 579 g/mol. The first-order chi connectivity index (χ1) is 17.9. The number of sulfone groups is 1. The van der Waals surface area contributed by atoms with Crippen molar-refractivity contribution in [2.75, 3.05) is 11.5 Å². The molecule has 2 aromatic rings. The van der Waals surface area contributed by atoms with E-state index in [9.17, 15) is 23.1 Å². The second kappa shape index (κ2) is 11.6. The van der Waals surface area contributed by atoms with Crippen LogP contribution < -0.4 is 0 Å². The number of carbonyl (C=O) groups excluding carboxylic acids is 1. The fourth-order valence-corrected chi connectivity index (χ4v) is 8.55. The van der Waals surface area contributed by atoms with Gasteiger partial charge in [-0.15, -0.1) is 0 Å². The van der Waals surface area contributed by atoms with Crippen molar-refractivity contribution in [2.45, 2.75) is 70.4 Å². The zero-order valence-corrected chi connectivity index (χ0v) is 24.1. The number of piperidine rings is 1. The molecular formula is C29H35Cl2NO5S. The van der Waals surface area contributed by atoms with Crippen LogP contribution in [0.4, 0.5) is 0 Å². The summed E-state index contributed by atoms with van der Waals surface area (Å²) in [4.78, 5) is 27.9. The lowest BCUT2D eigenvalue weighted by Gasteiger charge is -2.51. The Morgan fingerprint density at radius 1 is 1.11 bits per heavy atom. The van der Waals surface area contributed by atoms with Crippen LogP contribution in [-0.4, -0.2) is 47.8 Å². The molecule has 38 heavy (non-hydrogen) atoms. The Morgan fingerprint density at radius 3 is 2.34 bits per heavy atom. The number of aliphatic carboxylic acids is 1. The summed E-state index contributed by atoms with van der Waals surface area (Å²) in [7, 11) is -3.44. The molecule has 2 aromatic carbocycles. The largest absolute Gasteiger partial charge is 0.481 e. The van der Waals surface area contributed by atoms with Gasteiger partial charge in [0.25, 0.3) is 0 Å². The van der Waals surface area contributed by atoms with Gasteiger partial charge in [-0.05, 0) is 67.0 Å². The van der Waals surface area contributed by atoms with Gasteiger partial charge in [-0.25, -0.2) is 8.42 Å². The number of carboxylic acid groups (broad SMARTS) is 1. The molecule has 1 aliphatic heterocycles. The lowest BCUT2D eigenvalue weighted by atomic mass is 9.67. The van der Waals surface area contributed by atoms with Crippen LogP contribution in [0, 0.1) is 11.3 Å². The molecule has 4 atom stereocenters. The highest BCUT2D eigenvalue weighted by Gasteiger charge is 2.52. The van der Waals surface area contributed by atoms with Crippen LogP contribution in [-0.2, 0) is 19.4 Å². The van der Waals surface area contributed by atoms with Crippen LogP contribution in [0.15, 0.2) is 48.5 Å². The van der Waals surface area contributed by atoms with Crippen molar-refractivity contribution in [1.29, 1.82) is 0 Å². The van der Waals surface area contributed by atoms with Crippen LogP contribution >= 0.6 is 23.2 Å². The van der Waals surface area contributed by atoms with Crippen molar-refractivity contribution in [2.24, 2.45) is 11.3 Å². The Bertz CT molecular complexity index is 1280. The molecule has 0 bridgehead atoms. The highest BCUT2D eigenvalue weighted by atomic mass is 35.5. The fourth-order valence-electron chi connectivity index (χ4n) is 6.06. The van der Waals surface area contributed by atoms with E-state index in [2.05, 4.69) is 0 Å². The fraction of sp³-hybridized carbons (Fsp3) is 0.517. The molecule has 2 fully saturated rings. The quantitative estimate of drug-likeness (QED) is 0.345. The summed E-state index contributed by atoms with van der Waals surface area (Å²) in [5.74, 6) is -1.55. The van der Waals surface area contributed by atoms with Gasteiger partial charge in [-0.3, -0.25) is 9.59 Å². The Kier molecular flexibility index (Phi) is 8.80. The molecule has 0 radical (unpaired) electrons. The molecule has 0 spiro atoms. The average Bonchev–Trinajstić information content (AvgIpc) is 2.82. The van der Waals surface area contributed by atoms with E-state index in [0.717, 1.165) is 30.4 Å². The molecule has 9 heteroatoms. The summed E-state index contributed by atoms with van der Waals surface area (Å²) in [5.41, 5.74) is 0.478. The zero-order chi connectivity index (χ0) is 27.7. The van der Waals surface area contributed by atoms with Gasteiger partial charge in [0.1, 0.15) is 0 Å². The minimum atomic E-state index is -3.44. The predicted octanol–water partition coefficient (Wildman–Crippen LogP) is 6.53. The van der Waals surface area contributed by atoms with Gasteiger partial charge in [0.15, 0.2) is 9.84 Å². The standard InChI is InChI=1S/C29H35Cl2NO5S/c1-3-24(18-38(36,37)17-19-6-4-7-19)32-27(20-10-12-22(30)13-11-20)25(21-8-5-9-23(31)14-21)15-29(2,28(32)35)16-26(33)34/h5,8-14,19,24-25,27H,3-4,6-7,15-18H2,1-2H3,(H,33,34). The number of rotatable bonds is 10. The first kappa shape index (κ1) is 28.9. The van der Waals surface area contributed by atoms with E-state index in [1.807, 2.05) is 37.3 Å². The molecule has 1 saturated carbocycles. The summed E-state index contributed by atoms with van der Waals surface area (Å²) >= 11 is 12.6. The highest BCUT2D eigenvalue weighted by molar-refractivity contribution is 7.91. The number of carboxylic acids is 1. The van der Waals surface area contributed by atoms with Crippen molar-refractivity contribution >= 4 is 44.9 Å². The number of amides is 1. The molecular weight excluding hydrogens is 545 g/mol. The lowest BCUT2D eigenvalue weighted by Crippen LogP contribution is -2.57. The number of nitrogens with zero attached hydrogens (tertiary/aromatic N) is 1. The van der Waals surface area contributed by atoms with Crippen LogP contribution in [0.3, 0.4) is 0 Å². The molecule has 1 aliphatic carbocycles. The smallest absolute Gasteiger partial charge is 0.304 e. The second-order valence-electron chi connectivity index (χ2n) is 11.1. The molecule has 0 aromatic heterocycles. The van der Waals surface area contributed by atoms with Crippen LogP contribution in [0.1, 0.15) is 75.5 Å². The van der Waals surface area contributed by atoms with E-state index in [1.54, 1.807) is 30.0 Å². The topological polar surface area (TPSA) is 91.8 Å². The lowest BCUT2D eigenvalue weighted by molar-refractivity contribution is -0.160. The van der Waals surface area contributed by atoms with Gasteiger partial charge in [-0.2, -0.15) is 0 Å². The SMILES string of the molecule is CCC(CS(=O)(=O)CC1CCC1)N1C(=O)C(C)(CC(=O)O)CC(c2cccc(Cl)c2)C1c1ccc(Cl)cc1. The molecule has 2 aliphatic rings. The van der Waals surface area contributed by atoms with E-state index in [0.29, 0.717) is 16.5 Å². The van der Waals surface area contributed by atoms with Crippen LogP contribution in [0.5, 0.6) is 0 Å². The van der Waals surface area contributed by atoms with Gasteiger partial charge >= 0.3 is 5.97 Å². The third-order valence-corrected chi connectivity index (χ3v) is 10.5. The molecule has 1 saturated heterocycles. The van der Waals surface area contributed by atoms with Crippen molar-refractivity contribution in [1.82, 2.24) is 4.90 Å². The average molecular weight is 581 g/mol. The maximum absolute atomic E-state index is 14.3. The summed E-state index contributed by atoms with van der Waals surface area (Å²) in [6.45, 7) is 3.56. The number of hydrogen-bond donors (Lipinski definition) is 1. The Morgan fingerprint density at radius 2 is 1.79 bits per heavy atom. The number of hydrogen-bond acceptors (Lipinski definition) is 4. The minimum Gasteiger partial charge on any atom is -0.481 e. The second-order valence-corrected chi connectivity index (χ2v) is 14.2. The Labute approximate surface area is 235 Å².